The van der Waals surface area contributed by atoms with Crippen molar-refractivity contribution < 1.29 is 9.59 Å². The van der Waals surface area contributed by atoms with E-state index >= 15 is 0 Å². The van der Waals surface area contributed by atoms with Gasteiger partial charge in [0.2, 0.25) is 11.8 Å². The molecule has 3 fully saturated rings. The third kappa shape index (κ3) is 2.27. The molecule has 1 N–H and O–H groups in total. The van der Waals surface area contributed by atoms with Gasteiger partial charge in [-0.15, -0.1) is 0 Å². The zero-order valence-electron chi connectivity index (χ0n) is 13.6. The molecule has 4 heteroatoms. The molecule has 0 aromatic rings. The van der Waals surface area contributed by atoms with Gasteiger partial charge in [0, 0.05) is 6.54 Å². The summed E-state index contributed by atoms with van der Waals surface area (Å²) in [6.07, 6.45) is 7.18. The van der Waals surface area contributed by atoms with Gasteiger partial charge < -0.3 is 10.2 Å². The summed E-state index contributed by atoms with van der Waals surface area (Å²) in [6, 6.07) is -0.264. The Hall–Kier alpha value is -1.06. The molecule has 1 heterocycles. The van der Waals surface area contributed by atoms with E-state index in [1.54, 1.807) is 0 Å². The van der Waals surface area contributed by atoms with Gasteiger partial charge in [0.15, 0.2) is 0 Å². The molecule has 3 aliphatic rings. The molecule has 2 amide bonds. The molecule has 1 unspecified atom stereocenters. The van der Waals surface area contributed by atoms with Gasteiger partial charge in [-0.2, -0.15) is 0 Å². The maximum Gasteiger partial charge on any atom is 0.249 e. The second-order valence-electron chi connectivity index (χ2n) is 7.27. The SMILES string of the molecule is CCC1C(=O)NC(CC)(CC)C(=O)N1CC1(C2CC2)CC1. The Morgan fingerprint density at radius 3 is 2.19 bits per heavy atom. The summed E-state index contributed by atoms with van der Waals surface area (Å²) < 4.78 is 0. The Morgan fingerprint density at radius 1 is 1.14 bits per heavy atom. The topological polar surface area (TPSA) is 49.4 Å². The second-order valence-corrected chi connectivity index (χ2v) is 7.27. The monoisotopic (exact) mass is 292 g/mol. The molecule has 118 valence electrons. The normalized spacial score (nSPS) is 30.2. The van der Waals surface area contributed by atoms with Crippen LogP contribution in [0.4, 0.5) is 0 Å². The van der Waals surface area contributed by atoms with Crippen LogP contribution in [0.3, 0.4) is 0 Å². The van der Waals surface area contributed by atoms with Gasteiger partial charge in [0.05, 0.1) is 0 Å². The molecule has 0 spiro atoms. The van der Waals surface area contributed by atoms with Gasteiger partial charge in [-0.3, -0.25) is 9.59 Å². The number of piperazine rings is 1. The molecule has 0 bridgehead atoms. The van der Waals surface area contributed by atoms with Gasteiger partial charge in [-0.25, -0.2) is 0 Å². The number of amides is 2. The highest BCUT2D eigenvalue weighted by molar-refractivity contribution is 5.99. The van der Waals surface area contributed by atoms with Gasteiger partial charge in [-0.1, -0.05) is 20.8 Å². The van der Waals surface area contributed by atoms with E-state index in [4.69, 9.17) is 0 Å². The minimum atomic E-state index is -0.664. The number of nitrogens with one attached hydrogen (secondary N) is 1. The van der Waals surface area contributed by atoms with Crippen molar-refractivity contribution in [3.63, 3.8) is 0 Å². The largest absolute Gasteiger partial charge is 0.340 e. The first-order chi connectivity index (χ1) is 10.0. The average Bonchev–Trinajstić information content (AvgIpc) is 3.36. The molecule has 0 aromatic heterocycles. The van der Waals surface area contributed by atoms with Crippen molar-refractivity contribution in [1.82, 2.24) is 10.2 Å². The van der Waals surface area contributed by atoms with Crippen molar-refractivity contribution in [3.8, 4) is 0 Å². The van der Waals surface area contributed by atoms with Crippen LogP contribution in [-0.4, -0.2) is 34.8 Å². The zero-order chi connectivity index (χ0) is 15.3. The summed E-state index contributed by atoms with van der Waals surface area (Å²) >= 11 is 0. The minimum Gasteiger partial charge on any atom is -0.340 e. The molecule has 1 saturated heterocycles. The Labute approximate surface area is 127 Å². The third-order valence-electron chi connectivity index (χ3n) is 6.13. The quantitative estimate of drug-likeness (QED) is 0.817. The van der Waals surface area contributed by atoms with Gasteiger partial charge >= 0.3 is 0 Å². The standard InChI is InChI=1S/C17H28N2O2/c1-4-13-14(20)18-17(5-2,6-3)15(21)19(13)11-16(9-10-16)12-7-8-12/h12-13H,4-11H2,1-3H3,(H,18,20). The first-order valence-corrected chi connectivity index (χ1v) is 8.65. The maximum absolute atomic E-state index is 13.1. The van der Waals surface area contributed by atoms with Gasteiger partial charge in [0.25, 0.3) is 0 Å². The Morgan fingerprint density at radius 2 is 1.76 bits per heavy atom. The molecule has 4 nitrogen and oxygen atoms in total. The van der Waals surface area contributed by atoms with Crippen LogP contribution < -0.4 is 5.32 Å². The molecule has 2 saturated carbocycles. The van der Waals surface area contributed by atoms with Crippen LogP contribution in [0, 0.1) is 11.3 Å². The highest BCUT2D eigenvalue weighted by Gasteiger charge is 2.58. The molecule has 0 aromatic carbocycles. The van der Waals surface area contributed by atoms with E-state index in [-0.39, 0.29) is 17.9 Å². The predicted molar refractivity (Wildman–Crippen MR) is 81.6 cm³/mol. The number of nitrogens with zero attached hydrogens (tertiary/aromatic N) is 1. The second kappa shape index (κ2) is 4.99. The Bertz CT molecular complexity index is 448. The van der Waals surface area contributed by atoms with E-state index in [1.807, 2.05) is 25.7 Å². The van der Waals surface area contributed by atoms with Crippen molar-refractivity contribution in [1.29, 1.82) is 0 Å². The van der Waals surface area contributed by atoms with Crippen molar-refractivity contribution in [3.05, 3.63) is 0 Å². The van der Waals surface area contributed by atoms with Crippen LogP contribution in [0.5, 0.6) is 0 Å². The molecule has 0 radical (unpaired) electrons. The molecule has 3 rings (SSSR count). The molecule has 1 aliphatic heterocycles. The maximum atomic E-state index is 13.1. The lowest BCUT2D eigenvalue weighted by Crippen LogP contribution is -2.70. The van der Waals surface area contributed by atoms with Crippen molar-refractivity contribution in [2.75, 3.05) is 6.54 Å². The van der Waals surface area contributed by atoms with E-state index in [1.165, 1.54) is 25.7 Å². The lowest BCUT2D eigenvalue weighted by atomic mass is 9.85. The molecular weight excluding hydrogens is 264 g/mol. The zero-order valence-corrected chi connectivity index (χ0v) is 13.6. The van der Waals surface area contributed by atoms with Crippen molar-refractivity contribution in [2.45, 2.75) is 77.3 Å². The molecule has 2 aliphatic carbocycles. The number of rotatable bonds is 6. The predicted octanol–water partition coefficient (Wildman–Crippen LogP) is 2.47. The third-order valence-corrected chi connectivity index (χ3v) is 6.13. The average molecular weight is 292 g/mol. The highest BCUT2D eigenvalue weighted by Crippen LogP contribution is 2.61. The lowest BCUT2D eigenvalue weighted by Gasteiger charge is -2.46. The summed E-state index contributed by atoms with van der Waals surface area (Å²) in [5, 5.41) is 3.03. The first-order valence-electron chi connectivity index (χ1n) is 8.65. The van der Waals surface area contributed by atoms with E-state index in [2.05, 4.69) is 5.32 Å². The van der Waals surface area contributed by atoms with Crippen molar-refractivity contribution >= 4 is 11.8 Å². The Kier molecular flexibility index (Phi) is 3.53. The fraction of sp³-hybridized carbons (Fsp3) is 0.882. The lowest BCUT2D eigenvalue weighted by molar-refractivity contribution is -0.156. The van der Waals surface area contributed by atoms with E-state index in [0.717, 1.165) is 12.5 Å². The van der Waals surface area contributed by atoms with E-state index < -0.39 is 5.54 Å². The summed E-state index contributed by atoms with van der Waals surface area (Å²) in [7, 11) is 0. The summed E-state index contributed by atoms with van der Waals surface area (Å²) in [4.78, 5) is 27.5. The molecule has 1 atom stereocenters. The number of hydrogen-bond acceptors (Lipinski definition) is 2. The fourth-order valence-electron chi connectivity index (χ4n) is 4.14. The van der Waals surface area contributed by atoms with E-state index in [0.29, 0.717) is 24.7 Å². The minimum absolute atomic E-state index is 0.0485. The van der Waals surface area contributed by atoms with E-state index in [9.17, 15) is 9.59 Å². The van der Waals surface area contributed by atoms with Crippen LogP contribution in [-0.2, 0) is 9.59 Å². The smallest absolute Gasteiger partial charge is 0.249 e. The first kappa shape index (κ1) is 14.9. The summed E-state index contributed by atoms with van der Waals surface area (Å²) in [5.74, 6) is 1.02. The van der Waals surface area contributed by atoms with Crippen LogP contribution in [0.25, 0.3) is 0 Å². The van der Waals surface area contributed by atoms with Crippen LogP contribution in [0.2, 0.25) is 0 Å². The number of carbonyl (C=O) groups excluding carboxylic acids is 2. The highest BCUT2D eigenvalue weighted by atomic mass is 16.2. The van der Waals surface area contributed by atoms with Crippen molar-refractivity contribution in [2.24, 2.45) is 11.3 Å². The molecular formula is C17H28N2O2. The van der Waals surface area contributed by atoms with Gasteiger partial charge in [0.1, 0.15) is 11.6 Å². The van der Waals surface area contributed by atoms with Crippen LogP contribution in [0.15, 0.2) is 0 Å². The Balaban J connectivity index is 1.86. The molecule has 21 heavy (non-hydrogen) atoms. The van der Waals surface area contributed by atoms with Crippen LogP contribution in [0.1, 0.15) is 65.7 Å². The summed E-state index contributed by atoms with van der Waals surface area (Å²) in [6.45, 7) is 6.82. The fourth-order valence-corrected chi connectivity index (χ4v) is 4.14. The number of carbonyl (C=O) groups is 2. The van der Waals surface area contributed by atoms with Crippen LogP contribution >= 0.6 is 0 Å². The summed E-state index contributed by atoms with van der Waals surface area (Å²) in [5.41, 5.74) is -0.309. The van der Waals surface area contributed by atoms with Gasteiger partial charge in [-0.05, 0) is 56.3 Å². The number of hydrogen-bond donors (Lipinski definition) is 1.